The van der Waals surface area contributed by atoms with Crippen molar-refractivity contribution in [2.24, 2.45) is 0 Å². The van der Waals surface area contributed by atoms with Gasteiger partial charge in [0.25, 0.3) is 0 Å². The fourth-order valence-electron chi connectivity index (χ4n) is 1.81. The summed E-state index contributed by atoms with van der Waals surface area (Å²) in [6, 6.07) is 7.44. The molecule has 0 saturated heterocycles. The maximum Gasteiger partial charge on any atom is 0.321 e. The molecule has 1 heterocycles. The van der Waals surface area contributed by atoms with Crippen LogP contribution in [-0.2, 0) is 4.79 Å². The molecule has 1 aromatic carbocycles. The van der Waals surface area contributed by atoms with Crippen LogP contribution in [0.25, 0.3) is 11.4 Å². The number of carbonyl (C=O) groups is 2. The van der Waals surface area contributed by atoms with Crippen LogP contribution in [0.2, 0.25) is 0 Å². The lowest BCUT2D eigenvalue weighted by Gasteiger charge is -2.11. The highest BCUT2D eigenvalue weighted by Crippen LogP contribution is 2.19. The summed E-state index contributed by atoms with van der Waals surface area (Å²) in [6.07, 6.45) is 0.801. The summed E-state index contributed by atoms with van der Waals surface area (Å²) in [6.45, 7) is 5.85. The molecular formula is C16H21N5O2S. The summed E-state index contributed by atoms with van der Waals surface area (Å²) in [5, 5.41) is 12.3. The lowest BCUT2D eigenvalue weighted by Crippen LogP contribution is -2.43. The largest absolute Gasteiger partial charge is 0.335 e. The zero-order valence-corrected chi connectivity index (χ0v) is 14.7. The summed E-state index contributed by atoms with van der Waals surface area (Å²) in [4.78, 5) is 27.7. The van der Waals surface area contributed by atoms with E-state index in [1.807, 2.05) is 45.0 Å². The fraction of sp³-hybridized carbons (Fsp3) is 0.375. The molecule has 0 spiro atoms. The van der Waals surface area contributed by atoms with Crippen LogP contribution in [0.3, 0.4) is 0 Å². The number of aromatic amines is 1. The van der Waals surface area contributed by atoms with E-state index < -0.39 is 6.03 Å². The van der Waals surface area contributed by atoms with Crippen molar-refractivity contribution in [2.45, 2.75) is 38.4 Å². The van der Waals surface area contributed by atoms with Gasteiger partial charge in [0.05, 0.1) is 5.75 Å². The van der Waals surface area contributed by atoms with Crippen LogP contribution in [0.4, 0.5) is 4.79 Å². The minimum Gasteiger partial charge on any atom is -0.335 e. The number of H-pyrrole nitrogens is 1. The number of amides is 3. The van der Waals surface area contributed by atoms with E-state index in [0.717, 1.165) is 12.0 Å². The Hall–Kier alpha value is -2.35. The zero-order chi connectivity index (χ0) is 17.5. The zero-order valence-electron chi connectivity index (χ0n) is 13.9. The highest BCUT2D eigenvalue weighted by atomic mass is 32.2. The number of hydrogen-bond acceptors (Lipinski definition) is 5. The molecule has 8 heteroatoms. The molecule has 0 aliphatic carbocycles. The molecule has 7 nitrogen and oxygen atoms in total. The Morgan fingerprint density at radius 3 is 2.67 bits per heavy atom. The summed E-state index contributed by atoms with van der Waals surface area (Å²) in [5.74, 6) is 0.328. The number of imide groups is 1. The number of carbonyl (C=O) groups excluding carboxylic acids is 2. The van der Waals surface area contributed by atoms with Gasteiger partial charge in [-0.25, -0.2) is 9.78 Å². The average Bonchev–Trinajstić information content (AvgIpc) is 3.02. The van der Waals surface area contributed by atoms with Crippen molar-refractivity contribution in [3.8, 4) is 11.4 Å². The van der Waals surface area contributed by atoms with Crippen molar-refractivity contribution < 1.29 is 9.59 Å². The van der Waals surface area contributed by atoms with Crippen LogP contribution in [-0.4, -0.2) is 38.9 Å². The topological polar surface area (TPSA) is 99.8 Å². The lowest BCUT2D eigenvalue weighted by atomic mass is 10.1. The van der Waals surface area contributed by atoms with Gasteiger partial charge >= 0.3 is 6.03 Å². The number of rotatable bonds is 6. The first kappa shape index (κ1) is 18.0. The first-order valence-electron chi connectivity index (χ1n) is 7.70. The maximum atomic E-state index is 11.8. The van der Waals surface area contributed by atoms with Crippen LogP contribution in [0.15, 0.2) is 29.4 Å². The Morgan fingerprint density at radius 1 is 1.29 bits per heavy atom. The average molecular weight is 347 g/mol. The molecule has 0 saturated carbocycles. The third-order valence-electron chi connectivity index (χ3n) is 3.37. The molecule has 0 unspecified atom stereocenters. The van der Waals surface area contributed by atoms with Gasteiger partial charge in [-0.3, -0.25) is 15.2 Å². The van der Waals surface area contributed by atoms with Gasteiger partial charge in [-0.2, -0.15) is 0 Å². The van der Waals surface area contributed by atoms with Crippen LogP contribution in [0, 0.1) is 6.92 Å². The predicted octanol–water partition coefficient (Wildman–Crippen LogP) is 2.50. The Morgan fingerprint density at radius 2 is 2.00 bits per heavy atom. The maximum absolute atomic E-state index is 11.8. The van der Waals surface area contributed by atoms with E-state index in [0.29, 0.717) is 11.0 Å². The minimum absolute atomic E-state index is 0.0236. The van der Waals surface area contributed by atoms with Gasteiger partial charge in [-0.1, -0.05) is 48.5 Å². The first-order chi connectivity index (χ1) is 11.5. The van der Waals surface area contributed by atoms with Crippen molar-refractivity contribution in [2.75, 3.05) is 5.75 Å². The van der Waals surface area contributed by atoms with Crippen LogP contribution in [0.1, 0.15) is 25.8 Å². The van der Waals surface area contributed by atoms with Crippen molar-refractivity contribution in [1.29, 1.82) is 0 Å². The van der Waals surface area contributed by atoms with E-state index in [2.05, 4.69) is 25.8 Å². The number of benzene rings is 1. The molecular weight excluding hydrogens is 326 g/mol. The Balaban J connectivity index is 1.83. The molecule has 2 rings (SSSR count). The molecule has 3 amide bonds. The molecule has 0 aliphatic rings. The standard InChI is InChI=1S/C16H21N5O2S/c1-4-11(3)17-15(23)18-13(22)9-24-16-19-14(20-21-16)12-7-5-10(2)6-8-12/h5-8,11H,4,9H2,1-3H3,(H,19,20,21)(H2,17,18,22,23)/t11-/m0/s1. The Labute approximate surface area is 145 Å². The number of urea groups is 1. The van der Waals surface area contributed by atoms with Crippen molar-refractivity contribution in [3.63, 3.8) is 0 Å². The van der Waals surface area contributed by atoms with Gasteiger partial charge in [0, 0.05) is 11.6 Å². The van der Waals surface area contributed by atoms with Gasteiger partial charge in [0.1, 0.15) is 0 Å². The van der Waals surface area contributed by atoms with Crippen LogP contribution in [0.5, 0.6) is 0 Å². The molecule has 0 bridgehead atoms. The number of hydrogen-bond donors (Lipinski definition) is 3. The number of aryl methyl sites for hydroxylation is 1. The second-order valence-electron chi connectivity index (χ2n) is 5.45. The molecule has 3 N–H and O–H groups in total. The van der Waals surface area contributed by atoms with Gasteiger partial charge in [-0.05, 0) is 20.3 Å². The lowest BCUT2D eigenvalue weighted by molar-refractivity contribution is -0.117. The van der Waals surface area contributed by atoms with Crippen molar-refractivity contribution in [3.05, 3.63) is 29.8 Å². The summed E-state index contributed by atoms with van der Waals surface area (Å²) in [5.41, 5.74) is 2.09. The minimum atomic E-state index is -0.481. The van der Waals surface area contributed by atoms with Crippen molar-refractivity contribution in [1.82, 2.24) is 25.8 Å². The highest BCUT2D eigenvalue weighted by molar-refractivity contribution is 7.99. The van der Waals surface area contributed by atoms with E-state index in [-0.39, 0.29) is 17.7 Å². The third kappa shape index (κ3) is 5.38. The normalized spacial score (nSPS) is 11.8. The number of thioether (sulfide) groups is 1. The van der Waals surface area contributed by atoms with E-state index >= 15 is 0 Å². The predicted molar refractivity (Wildman–Crippen MR) is 93.7 cm³/mol. The molecule has 24 heavy (non-hydrogen) atoms. The fourth-order valence-corrected chi connectivity index (χ4v) is 2.40. The van der Waals surface area contributed by atoms with Gasteiger partial charge in [-0.15, -0.1) is 5.10 Å². The molecule has 1 atom stereocenters. The molecule has 2 aromatic rings. The Kier molecular flexibility index (Phi) is 6.36. The summed E-state index contributed by atoms with van der Waals surface area (Å²) < 4.78 is 0. The highest BCUT2D eigenvalue weighted by Gasteiger charge is 2.12. The quantitative estimate of drug-likeness (QED) is 0.697. The van der Waals surface area contributed by atoms with Gasteiger partial charge in [0.15, 0.2) is 5.82 Å². The third-order valence-corrected chi connectivity index (χ3v) is 4.21. The van der Waals surface area contributed by atoms with Crippen LogP contribution >= 0.6 is 11.8 Å². The second kappa shape index (κ2) is 8.49. The van der Waals surface area contributed by atoms with E-state index in [9.17, 15) is 9.59 Å². The van der Waals surface area contributed by atoms with E-state index in [1.165, 1.54) is 17.3 Å². The molecule has 0 radical (unpaired) electrons. The molecule has 1 aromatic heterocycles. The molecule has 0 aliphatic heterocycles. The van der Waals surface area contributed by atoms with Crippen LogP contribution < -0.4 is 10.6 Å². The van der Waals surface area contributed by atoms with E-state index in [1.54, 1.807) is 0 Å². The monoisotopic (exact) mass is 347 g/mol. The number of aromatic nitrogens is 3. The summed E-state index contributed by atoms with van der Waals surface area (Å²) >= 11 is 1.17. The Bertz CT molecular complexity index is 699. The molecule has 128 valence electrons. The molecule has 0 fully saturated rings. The number of nitrogens with zero attached hydrogens (tertiary/aromatic N) is 2. The van der Waals surface area contributed by atoms with Crippen molar-refractivity contribution >= 4 is 23.7 Å². The smallest absolute Gasteiger partial charge is 0.321 e. The van der Waals surface area contributed by atoms with E-state index in [4.69, 9.17) is 0 Å². The first-order valence-corrected chi connectivity index (χ1v) is 8.69. The SMILES string of the molecule is CC[C@H](C)NC(=O)NC(=O)CSc1n[nH]c(-c2ccc(C)cc2)n1. The number of nitrogens with one attached hydrogen (secondary N) is 3. The summed E-state index contributed by atoms with van der Waals surface area (Å²) in [7, 11) is 0. The van der Waals surface area contributed by atoms with Gasteiger partial charge < -0.3 is 5.32 Å². The van der Waals surface area contributed by atoms with Gasteiger partial charge in [0.2, 0.25) is 11.1 Å². The second-order valence-corrected chi connectivity index (χ2v) is 6.39.